The minimum absolute atomic E-state index is 0.0885. The fourth-order valence-electron chi connectivity index (χ4n) is 4.05. The SMILES string of the molecule is CCC1C(C)C(Nc2ccc(C#N)cc2)c2cc(C)ccc2N1C(C)=O. The van der Waals surface area contributed by atoms with Crippen LogP contribution in [0, 0.1) is 24.2 Å². The van der Waals surface area contributed by atoms with Crippen LogP contribution in [0.3, 0.4) is 0 Å². The highest BCUT2D eigenvalue weighted by atomic mass is 16.2. The van der Waals surface area contributed by atoms with Crippen molar-refractivity contribution in [1.29, 1.82) is 5.26 Å². The van der Waals surface area contributed by atoms with Gasteiger partial charge in [-0.1, -0.05) is 31.5 Å². The third-order valence-corrected chi connectivity index (χ3v) is 5.34. The molecular weight excluding hydrogens is 322 g/mol. The zero-order chi connectivity index (χ0) is 18.8. The van der Waals surface area contributed by atoms with Crippen LogP contribution in [-0.2, 0) is 4.79 Å². The number of amides is 1. The van der Waals surface area contributed by atoms with Gasteiger partial charge >= 0.3 is 0 Å². The number of rotatable bonds is 3. The number of carbonyl (C=O) groups is 1. The Morgan fingerprint density at radius 3 is 2.50 bits per heavy atom. The summed E-state index contributed by atoms with van der Waals surface area (Å²) in [7, 11) is 0. The van der Waals surface area contributed by atoms with Crippen LogP contribution in [0.15, 0.2) is 42.5 Å². The van der Waals surface area contributed by atoms with Crippen LogP contribution in [0.25, 0.3) is 0 Å². The summed E-state index contributed by atoms with van der Waals surface area (Å²) in [6, 6.07) is 16.3. The van der Waals surface area contributed by atoms with Crippen molar-refractivity contribution in [3.05, 3.63) is 59.2 Å². The highest BCUT2D eigenvalue weighted by Gasteiger charge is 2.39. The Morgan fingerprint density at radius 2 is 1.92 bits per heavy atom. The van der Waals surface area contributed by atoms with Crippen molar-refractivity contribution in [2.75, 3.05) is 10.2 Å². The molecule has 0 saturated heterocycles. The Kier molecular flexibility index (Phi) is 4.99. The van der Waals surface area contributed by atoms with Gasteiger partial charge in [0.25, 0.3) is 0 Å². The first-order valence-corrected chi connectivity index (χ1v) is 9.13. The number of fused-ring (bicyclic) bond motifs is 1. The average Bonchev–Trinajstić information content (AvgIpc) is 2.63. The number of carbonyl (C=O) groups excluding carboxylic acids is 1. The van der Waals surface area contributed by atoms with Gasteiger partial charge in [-0.05, 0) is 49.2 Å². The lowest BCUT2D eigenvalue weighted by Crippen LogP contribution is -2.49. The number of nitrogens with one attached hydrogen (secondary N) is 1. The van der Waals surface area contributed by atoms with E-state index in [4.69, 9.17) is 5.26 Å². The maximum atomic E-state index is 12.4. The van der Waals surface area contributed by atoms with E-state index in [1.165, 1.54) is 5.56 Å². The van der Waals surface area contributed by atoms with Gasteiger partial charge in [-0.3, -0.25) is 4.79 Å². The highest BCUT2D eigenvalue weighted by Crippen LogP contribution is 2.43. The molecule has 4 nitrogen and oxygen atoms in total. The second-order valence-electron chi connectivity index (χ2n) is 7.10. The molecule has 0 saturated carbocycles. The molecule has 1 aliphatic rings. The van der Waals surface area contributed by atoms with Gasteiger partial charge < -0.3 is 10.2 Å². The molecule has 0 spiro atoms. The van der Waals surface area contributed by atoms with Crippen molar-refractivity contribution in [3.63, 3.8) is 0 Å². The minimum atomic E-state index is 0.0885. The lowest BCUT2D eigenvalue weighted by molar-refractivity contribution is -0.117. The van der Waals surface area contributed by atoms with Gasteiger partial charge in [0, 0.05) is 30.3 Å². The van der Waals surface area contributed by atoms with E-state index in [0.29, 0.717) is 5.56 Å². The molecule has 0 bridgehead atoms. The fraction of sp³-hybridized carbons (Fsp3) is 0.364. The molecule has 1 aliphatic heterocycles. The third kappa shape index (κ3) is 3.17. The van der Waals surface area contributed by atoms with E-state index in [-0.39, 0.29) is 23.9 Å². The average molecular weight is 347 g/mol. The van der Waals surface area contributed by atoms with Crippen molar-refractivity contribution in [2.24, 2.45) is 5.92 Å². The van der Waals surface area contributed by atoms with Crippen LogP contribution in [0.5, 0.6) is 0 Å². The molecule has 0 aromatic heterocycles. The molecule has 4 heteroatoms. The molecule has 0 radical (unpaired) electrons. The molecule has 1 N–H and O–H groups in total. The van der Waals surface area contributed by atoms with Gasteiger partial charge in [-0.15, -0.1) is 0 Å². The van der Waals surface area contributed by atoms with E-state index >= 15 is 0 Å². The minimum Gasteiger partial charge on any atom is -0.378 e. The van der Waals surface area contributed by atoms with Crippen LogP contribution < -0.4 is 10.2 Å². The summed E-state index contributed by atoms with van der Waals surface area (Å²) in [6.07, 6.45) is 0.902. The van der Waals surface area contributed by atoms with Gasteiger partial charge in [-0.25, -0.2) is 0 Å². The quantitative estimate of drug-likeness (QED) is 0.867. The number of hydrogen-bond acceptors (Lipinski definition) is 3. The second-order valence-corrected chi connectivity index (χ2v) is 7.10. The molecule has 2 aromatic rings. The van der Waals surface area contributed by atoms with E-state index in [1.54, 1.807) is 6.92 Å². The molecule has 2 aromatic carbocycles. The van der Waals surface area contributed by atoms with Crippen LogP contribution in [0.2, 0.25) is 0 Å². The fourth-order valence-corrected chi connectivity index (χ4v) is 4.05. The first-order chi connectivity index (χ1) is 12.5. The number of aryl methyl sites for hydroxylation is 1. The zero-order valence-electron chi connectivity index (χ0n) is 15.8. The smallest absolute Gasteiger partial charge is 0.224 e. The summed E-state index contributed by atoms with van der Waals surface area (Å²) >= 11 is 0. The van der Waals surface area contributed by atoms with Crippen LogP contribution in [-0.4, -0.2) is 11.9 Å². The van der Waals surface area contributed by atoms with Crippen molar-refractivity contribution in [1.82, 2.24) is 0 Å². The lowest BCUT2D eigenvalue weighted by atomic mass is 9.80. The Hall–Kier alpha value is -2.80. The van der Waals surface area contributed by atoms with E-state index in [1.807, 2.05) is 29.2 Å². The van der Waals surface area contributed by atoms with Gasteiger partial charge in [0.05, 0.1) is 17.7 Å². The predicted molar refractivity (Wildman–Crippen MR) is 105 cm³/mol. The first-order valence-electron chi connectivity index (χ1n) is 9.13. The van der Waals surface area contributed by atoms with Crippen LogP contribution in [0.1, 0.15) is 49.9 Å². The summed E-state index contributed by atoms with van der Waals surface area (Å²) in [4.78, 5) is 14.3. The molecule has 3 unspecified atom stereocenters. The molecule has 1 amide bonds. The van der Waals surface area contributed by atoms with Crippen molar-refractivity contribution in [2.45, 2.75) is 46.2 Å². The molecule has 1 heterocycles. The van der Waals surface area contributed by atoms with Gasteiger partial charge in [0.1, 0.15) is 0 Å². The molecule has 0 fully saturated rings. The number of anilines is 2. The van der Waals surface area contributed by atoms with E-state index < -0.39 is 0 Å². The first kappa shape index (κ1) is 18.0. The highest BCUT2D eigenvalue weighted by molar-refractivity contribution is 5.94. The molecule has 134 valence electrons. The number of benzene rings is 2. The zero-order valence-corrected chi connectivity index (χ0v) is 15.8. The van der Waals surface area contributed by atoms with E-state index in [0.717, 1.165) is 23.4 Å². The summed E-state index contributed by atoms with van der Waals surface area (Å²) in [6.45, 7) is 8.06. The summed E-state index contributed by atoms with van der Waals surface area (Å²) in [5.41, 5.74) is 4.97. The molecule has 0 aliphatic carbocycles. The Balaban J connectivity index is 2.05. The summed E-state index contributed by atoms with van der Waals surface area (Å²) < 4.78 is 0. The Bertz CT molecular complexity index is 851. The monoisotopic (exact) mass is 347 g/mol. The lowest BCUT2D eigenvalue weighted by Gasteiger charge is -2.45. The second kappa shape index (κ2) is 7.21. The topological polar surface area (TPSA) is 56.1 Å². The summed E-state index contributed by atoms with van der Waals surface area (Å²) in [5, 5.41) is 12.6. The van der Waals surface area contributed by atoms with Crippen LogP contribution >= 0.6 is 0 Å². The summed E-state index contributed by atoms with van der Waals surface area (Å²) in [5.74, 6) is 0.347. The normalized spacial score (nSPS) is 21.7. The van der Waals surface area contributed by atoms with Crippen molar-refractivity contribution < 1.29 is 4.79 Å². The standard InChI is InChI=1S/C22H25N3O/c1-5-20-15(3)22(24-18-9-7-17(13-23)8-10-18)19-12-14(2)6-11-21(19)25(20)16(4)26/h6-12,15,20,22,24H,5H2,1-4H3. The van der Waals surface area contributed by atoms with Crippen LogP contribution in [0.4, 0.5) is 11.4 Å². The predicted octanol–water partition coefficient (Wildman–Crippen LogP) is 4.80. The van der Waals surface area contributed by atoms with Crippen molar-refractivity contribution in [3.8, 4) is 6.07 Å². The number of nitrogens with zero attached hydrogens (tertiary/aromatic N) is 2. The number of nitriles is 1. The van der Waals surface area contributed by atoms with Gasteiger partial charge in [0.15, 0.2) is 0 Å². The Labute approximate surface area is 155 Å². The largest absolute Gasteiger partial charge is 0.378 e. The van der Waals surface area contributed by atoms with Gasteiger partial charge in [0.2, 0.25) is 5.91 Å². The molecular formula is C22H25N3O. The molecule has 26 heavy (non-hydrogen) atoms. The van der Waals surface area contributed by atoms with Gasteiger partial charge in [-0.2, -0.15) is 5.26 Å². The van der Waals surface area contributed by atoms with Crippen molar-refractivity contribution >= 4 is 17.3 Å². The third-order valence-electron chi connectivity index (χ3n) is 5.34. The number of hydrogen-bond donors (Lipinski definition) is 1. The Morgan fingerprint density at radius 1 is 1.23 bits per heavy atom. The molecule has 3 atom stereocenters. The van der Waals surface area contributed by atoms with E-state index in [9.17, 15) is 4.79 Å². The maximum absolute atomic E-state index is 12.4. The van der Waals surface area contributed by atoms with E-state index in [2.05, 4.69) is 50.4 Å². The molecule has 3 rings (SSSR count). The maximum Gasteiger partial charge on any atom is 0.224 e.